The Balaban J connectivity index is 1.53. The van der Waals surface area contributed by atoms with Gasteiger partial charge in [-0.1, -0.05) is 0 Å². The van der Waals surface area contributed by atoms with Gasteiger partial charge in [-0.2, -0.15) is 0 Å². The molecule has 6 heteroatoms. The maximum atomic E-state index is 12.2. The summed E-state index contributed by atoms with van der Waals surface area (Å²) in [6.07, 6.45) is 2.54. The van der Waals surface area contributed by atoms with Crippen LogP contribution in [0, 0.1) is 0 Å². The molecule has 6 nitrogen and oxygen atoms in total. The fraction of sp³-hybridized carbons (Fsp3) is 0.846. The number of amides is 2. The van der Waals surface area contributed by atoms with E-state index in [0.717, 1.165) is 12.8 Å². The zero-order chi connectivity index (χ0) is 13.4. The molecule has 0 aromatic carbocycles. The fourth-order valence-electron chi connectivity index (χ4n) is 2.89. The Morgan fingerprint density at radius 3 is 2.95 bits per heavy atom. The summed E-state index contributed by atoms with van der Waals surface area (Å²) >= 11 is 0. The van der Waals surface area contributed by atoms with Gasteiger partial charge in [0, 0.05) is 25.6 Å². The molecule has 106 valence electrons. The molecule has 3 aliphatic rings. The molecule has 1 unspecified atom stereocenters. The Hall–Kier alpha value is -1.14. The van der Waals surface area contributed by atoms with Crippen LogP contribution in [0.25, 0.3) is 0 Å². The van der Waals surface area contributed by atoms with Crippen molar-refractivity contribution in [2.75, 3.05) is 19.7 Å². The van der Waals surface area contributed by atoms with Gasteiger partial charge in [0.05, 0.1) is 18.8 Å². The van der Waals surface area contributed by atoms with Gasteiger partial charge in [0.25, 0.3) is 0 Å². The normalized spacial score (nSPS) is 35.5. The standard InChI is InChI=1S/C13H21N3O3/c1-8-12(14-4-5-19-8)13(18)15-9-6-11(17)16(7-9)10-2-3-10/h8-10,12,14H,2-7H2,1H3,(H,15,18)/t8-,9?,12+/m1/s1. The number of likely N-dealkylation sites (tertiary alicyclic amines) is 1. The zero-order valence-electron chi connectivity index (χ0n) is 11.2. The molecular weight excluding hydrogens is 246 g/mol. The number of ether oxygens (including phenoxy) is 1. The van der Waals surface area contributed by atoms with Crippen LogP contribution in [0.15, 0.2) is 0 Å². The van der Waals surface area contributed by atoms with E-state index >= 15 is 0 Å². The van der Waals surface area contributed by atoms with Gasteiger partial charge in [-0.05, 0) is 19.8 Å². The number of carbonyl (C=O) groups excluding carboxylic acids is 2. The van der Waals surface area contributed by atoms with Crippen LogP contribution in [0.1, 0.15) is 26.2 Å². The highest BCUT2D eigenvalue weighted by molar-refractivity contribution is 5.85. The van der Waals surface area contributed by atoms with E-state index in [2.05, 4.69) is 10.6 Å². The van der Waals surface area contributed by atoms with Gasteiger partial charge >= 0.3 is 0 Å². The van der Waals surface area contributed by atoms with Crippen molar-refractivity contribution in [1.82, 2.24) is 15.5 Å². The third-order valence-corrected chi connectivity index (χ3v) is 4.09. The fourth-order valence-corrected chi connectivity index (χ4v) is 2.89. The molecule has 0 aromatic heterocycles. The molecule has 0 spiro atoms. The first kappa shape index (κ1) is 12.9. The predicted octanol–water partition coefficient (Wildman–Crippen LogP) is -0.757. The molecule has 2 amide bonds. The topological polar surface area (TPSA) is 70.7 Å². The molecule has 0 aromatic rings. The molecular formula is C13H21N3O3. The Morgan fingerprint density at radius 2 is 2.26 bits per heavy atom. The predicted molar refractivity (Wildman–Crippen MR) is 68.5 cm³/mol. The van der Waals surface area contributed by atoms with Crippen LogP contribution in [0.2, 0.25) is 0 Å². The lowest BCUT2D eigenvalue weighted by molar-refractivity contribution is -0.129. The Labute approximate surface area is 112 Å². The summed E-state index contributed by atoms with van der Waals surface area (Å²) in [4.78, 5) is 25.9. The van der Waals surface area contributed by atoms with Crippen molar-refractivity contribution in [3.8, 4) is 0 Å². The number of hydrogen-bond acceptors (Lipinski definition) is 4. The highest BCUT2D eigenvalue weighted by Gasteiger charge is 2.40. The number of nitrogens with zero attached hydrogens (tertiary/aromatic N) is 1. The van der Waals surface area contributed by atoms with Gasteiger partial charge in [0.1, 0.15) is 6.04 Å². The Morgan fingerprint density at radius 1 is 1.47 bits per heavy atom. The average molecular weight is 267 g/mol. The van der Waals surface area contributed by atoms with Crippen molar-refractivity contribution in [2.24, 2.45) is 0 Å². The lowest BCUT2D eigenvalue weighted by atomic mass is 10.1. The van der Waals surface area contributed by atoms with Gasteiger partial charge in [-0.3, -0.25) is 9.59 Å². The third-order valence-electron chi connectivity index (χ3n) is 4.09. The summed E-state index contributed by atoms with van der Waals surface area (Å²) in [6.45, 7) is 3.90. The average Bonchev–Trinajstić information content (AvgIpc) is 3.15. The molecule has 3 rings (SSSR count). The molecule has 3 atom stereocenters. The first-order valence-electron chi connectivity index (χ1n) is 7.10. The van der Waals surface area contributed by atoms with Crippen LogP contribution >= 0.6 is 0 Å². The molecule has 0 bridgehead atoms. The van der Waals surface area contributed by atoms with E-state index < -0.39 is 0 Å². The number of hydrogen-bond donors (Lipinski definition) is 2. The van der Waals surface area contributed by atoms with E-state index in [1.54, 1.807) is 0 Å². The number of nitrogens with one attached hydrogen (secondary N) is 2. The van der Waals surface area contributed by atoms with Crippen molar-refractivity contribution >= 4 is 11.8 Å². The van der Waals surface area contributed by atoms with Gasteiger partial charge in [-0.25, -0.2) is 0 Å². The quantitative estimate of drug-likeness (QED) is 0.705. The molecule has 2 aliphatic heterocycles. The van der Waals surface area contributed by atoms with E-state index in [9.17, 15) is 9.59 Å². The molecule has 2 heterocycles. The molecule has 3 fully saturated rings. The summed E-state index contributed by atoms with van der Waals surface area (Å²) in [5.41, 5.74) is 0. The number of morpholine rings is 1. The first-order chi connectivity index (χ1) is 9.15. The smallest absolute Gasteiger partial charge is 0.240 e. The monoisotopic (exact) mass is 267 g/mol. The van der Waals surface area contributed by atoms with Crippen molar-refractivity contribution in [3.05, 3.63) is 0 Å². The van der Waals surface area contributed by atoms with Crippen LogP contribution in [-0.4, -0.2) is 60.6 Å². The summed E-state index contributed by atoms with van der Waals surface area (Å²) in [5.74, 6) is 0.122. The summed E-state index contributed by atoms with van der Waals surface area (Å²) in [5, 5.41) is 6.14. The van der Waals surface area contributed by atoms with Crippen LogP contribution in [0.3, 0.4) is 0 Å². The molecule has 19 heavy (non-hydrogen) atoms. The number of carbonyl (C=O) groups is 2. The lowest BCUT2D eigenvalue weighted by Gasteiger charge is -2.30. The summed E-state index contributed by atoms with van der Waals surface area (Å²) in [6, 6.07) is 0.0832. The van der Waals surface area contributed by atoms with E-state index in [-0.39, 0.29) is 30.0 Å². The highest BCUT2D eigenvalue weighted by atomic mass is 16.5. The largest absolute Gasteiger partial charge is 0.375 e. The maximum absolute atomic E-state index is 12.2. The summed E-state index contributed by atoms with van der Waals surface area (Å²) < 4.78 is 5.47. The molecule has 2 N–H and O–H groups in total. The zero-order valence-corrected chi connectivity index (χ0v) is 11.2. The second-order valence-electron chi connectivity index (χ2n) is 5.69. The summed E-state index contributed by atoms with van der Waals surface area (Å²) in [7, 11) is 0. The second kappa shape index (κ2) is 5.09. The van der Waals surface area contributed by atoms with E-state index in [1.165, 1.54) is 0 Å². The SMILES string of the molecule is C[C@H]1OCCN[C@@H]1C(=O)NC1CC(=O)N(C2CC2)C1. The van der Waals surface area contributed by atoms with Gasteiger partial charge in [0.15, 0.2) is 0 Å². The third kappa shape index (κ3) is 2.74. The van der Waals surface area contributed by atoms with Crippen molar-refractivity contribution in [3.63, 3.8) is 0 Å². The second-order valence-corrected chi connectivity index (χ2v) is 5.69. The lowest BCUT2D eigenvalue weighted by Crippen LogP contribution is -2.57. The highest BCUT2D eigenvalue weighted by Crippen LogP contribution is 2.30. The van der Waals surface area contributed by atoms with Crippen LogP contribution in [0.4, 0.5) is 0 Å². The molecule has 2 saturated heterocycles. The van der Waals surface area contributed by atoms with E-state index in [1.807, 2.05) is 11.8 Å². The molecule has 1 saturated carbocycles. The van der Waals surface area contributed by atoms with Crippen molar-refractivity contribution in [2.45, 2.75) is 50.4 Å². The Kier molecular flexibility index (Phi) is 3.45. The minimum Gasteiger partial charge on any atom is -0.375 e. The van der Waals surface area contributed by atoms with E-state index in [4.69, 9.17) is 4.74 Å². The van der Waals surface area contributed by atoms with Gasteiger partial charge < -0.3 is 20.3 Å². The number of rotatable bonds is 3. The van der Waals surface area contributed by atoms with Crippen LogP contribution < -0.4 is 10.6 Å². The first-order valence-corrected chi connectivity index (χ1v) is 7.10. The van der Waals surface area contributed by atoms with Gasteiger partial charge in [0.2, 0.25) is 11.8 Å². The minimum absolute atomic E-state index is 0.0449. The van der Waals surface area contributed by atoms with Gasteiger partial charge in [-0.15, -0.1) is 0 Å². The Bertz CT molecular complexity index is 383. The minimum atomic E-state index is -0.307. The van der Waals surface area contributed by atoms with Crippen LogP contribution in [0.5, 0.6) is 0 Å². The van der Waals surface area contributed by atoms with Crippen LogP contribution in [-0.2, 0) is 14.3 Å². The van der Waals surface area contributed by atoms with E-state index in [0.29, 0.717) is 32.2 Å². The van der Waals surface area contributed by atoms with Crippen molar-refractivity contribution in [1.29, 1.82) is 0 Å². The van der Waals surface area contributed by atoms with Crippen molar-refractivity contribution < 1.29 is 14.3 Å². The maximum Gasteiger partial charge on any atom is 0.240 e. The molecule has 0 radical (unpaired) electrons. The molecule has 1 aliphatic carbocycles.